The molecule has 0 bridgehead atoms. The summed E-state index contributed by atoms with van der Waals surface area (Å²) < 4.78 is 11.2. The molecule has 0 atom stereocenters. The lowest BCUT2D eigenvalue weighted by molar-refractivity contribution is -0.386. The third-order valence-corrected chi connectivity index (χ3v) is 5.51. The summed E-state index contributed by atoms with van der Waals surface area (Å²) in [7, 11) is 0. The van der Waals surface area contributed by atoms with E-state index in [4.69, 9.17) is 9.47 Å². The minimum absolute atomic E-state index is 0.135. The van der Waals surface area contributed by atoms with Crippen molar-refractivity contribution in [2.24, 2.45) is 10.2 Å². The number of unbranched alkanes of at least 4 members (excludes halogenated alkanes) is 4. The van der Waals surface area contributed by atoms with Gasteiger partial charge in [-0.15, -0.1) is 0 Å². The predicted molar refractivity (Wildman–Crippen MR) is 141 cm³/mol. The van der Waals surface area contributed by atoms with Crippen LogP contribution in [0.25, 0.3) is 0 Å². The topological polar surface area (TPSA) is 129 Å². The van der Waals surface area contributed by atoms with E-state index < -0.39 is 9.85 Å². The van der Waals surface area contributed by atoms with Gasteiger partial charge in [0.25, 0.3) is 0 Å². The summed E-state index contributed by atoms with van der Waals surface area (Å²) in [5, 5.41) is 31.5. The summed E-state index contributed by atoms with van der Waals surface area (Å²) in [5.74, 6) is 0.438. The quantitative estimate of drug-likeness (QED) is 0.114. The van der Waals surface area contributed by atoms with Gasteiger partial charge in [0.2, 0.25) is 0 Å². The van der Waals surface area contributed by atoms with Crippen LogP contribution in [0.5, 0.6) is 11.5 Å². The first-order valence-electron chi connectivity index (χ1n) is 12.2. The van der Waals surface area contributed by atoms with Crippen LogP contribution in [0, 0.1) is 20.2 Å². The first-order chi connectivity index (χ1) is 17.3. The van der Waals surface area contributed by atoms with Crippen LogP contribution in [0.15, 0.2) is 46.6 Å². The second-order valence-corrected chi connectivity index (χ2v) is 8.36. The van der Waals surface area contributed by atoms with Crippen molar-refractivity contribution in [2.75, 3.05) is 13.2 Å². The minimum Gasteiger partial charge on any atom is -0.487 e. The predicted octanol–water partition coefficient (Wildman–Crippen LogP) is 6.87. The van der Waals surface area contributed by atoms with E-state index in [2.05, 4.69) is 24.1 Å². The van der Waals surface area contributed by atoms with Gasteiger partial charge in [-0.2, -0.15) is 10.2 Å². The summed E-state index contributed by atoms with van der Waals surface area (Å²) in [4.78, 5) is 22.1. The molecule has 194 valence electrons. The molecular weight excluding hydrogens is 464 g/mol. The van der Waals surface area contributed by atoms with E-state index in [1.807, 2.05) is 0 Å². The third kappa shape index (κ3) is 8.44. The molecule has 0 unspecified atom stereocenters. The molecule has 0 saturated heterocycles. The Balaban J connectivity index is 2.22. The molecule has 0 N–H and O–H groups in total. The molecule has 0 aliphatic carbocycles. The van der Waals surface area contributed by atoms with Crippen molar-refractivity contribution in [3.63, 3.8) is 0 Å². The van der Waals surface area contributed by atoms with Gasteiger partial charge in [-0.25, -0.2) is 0 Å². The van der Waals surface area contributed by atoms with Crippen molar-refractivity contribution >= 4 is 22.8 Å². The number of rotatable bonds is 15. The lowest BCUT2D eigenvalue weighted by Gasteiger charge is -2.08. The average Bonchev–Trinajstić information content (AvgIpc) is 2.87. The van der Waals surface area contributed by atoms with Gasteiger partial charge in [0.15, 0.2) is 11.5 Å². The van der Waals surface area contributed by atoms with Crippen LogP contribution in [0.4, 0.5) is 11.4 Å². The number of nitro benzene ring substituents is 2. The largest absolute Gasteiger partial charge is 0.487 e. The average molecular weight is 499 g/mol. The smallest absolute Gasteiger partial charge is 0.311 e. The minimum atomic E-state index is -0.481. The molecule has 2 aromatic rings. The number of nitro groups is 2. The third-order valence-electron chi connectivity index (χ3n) is 5.51. The van der Waals surface area contributed by atoms with Gasteiger partial charge in [-0.05, 0) is 51.0 Å². The molecule has 0 radical (unpaired) electrons. The molecule has 0 fully saturated rings. The van der Waals surface area contributed by atoms with Crippen LogP contribution in [0.3, 0.4) is 0 Å². The maximum atomic E-state index is 11.5. The van der Waals surface area contributed by atoms with E-state index in [-0.39, 0.29) is 22.9 Å². The Bertz CT molecular complexity index is 1030. The molecular formula is C26H34N4O6. The number of hydrogen-bond acceptors (Lipinski definition) is 8. The van der Waals surface area contributed by atoms with E-state index in [0.29, 0.717) is 35.8 Å². The fourth-order valence-corrected chi connectivity index (χ4v) is 3.35. The zero-order valence-electron chi connectivity index (χ0n) is 21.4. The monoisotopic (exact) mass is 498 g/mol. The molecule has 2 aromatic carbocycles. The summed E-state index contributed by atoms with van der Waals surface area (Å²) in [6.07, 6.45) is 5.70. The van der Waals surface area contributed by atoms with Gasteiger partial charge in [-0.1, -0.05) is 39.5 Å². The normalized spacial score (nSPS) is 11.9. The Morgan fingerprint density at radius 3 is 1.44 bits per heavy atom. The first-order valence-corrected chi connectivity index (χ1v) is 12.2. The maximum absolute atomic E-state index is 11.5. The molecule has 0 heterocycles. The zero-order chi connectivity index (χ0) is 26.5. The molecule has 10 nitrogen and oxygen atoms in total. The fraction of sp³-hybridized carbons (Fsp3) is 0.462. The molecule has 0 amide bonds. The second kappa shape index (κ2) is 14.6. The van der Waals surface area contributed by atoms with Crippen LogP contribution < -0.4 is 9.47 Å². The number of benzene rings is 2. The molecule has 0 saturated carbocycles. The van der Waals surface area contributed by atoms with Crippen molar-refractivity contribution < 1.29 is 19.3 Å². The van der Waals surface area contributed by atoms with Crippen LogP contribution in [0.1, 0.15) is 77.3 Å². The molecule has 2 rings (SSSR count). The van der Waals surface area contributed by atoms with Gasteiger partial charge in [0.1, 0.15) is 0 Å². The van der Waals surface area contributed by atoms with Crippen molar-refractivity contribution in [1.29, 1.82) is 0 Å². The molecule has 0 aliphatic rings. The Labute approximate surface area is 211 Å². The Morgan fingerprint density at radius 1 is 0.722 bits per heavy atom. The number of nitrogens with zero attached hydrogens (tertiary/aromatic N) is 4. The molecule has 10 heteroatoms. The Morgan fingerprint density at radius 2 is 1.11 bits per heavy atom. The van der Waals surface area contributed by atoms with Crippen LogP contribution in [-0.4, -0.2) is 34.5 Å². The van der Waals surface area contributed by atoms with E-state index in [9.17, 15) is 20.2 Å². The first kappa shape index (κ1) is 28.4. The molecule has 0 aliphatic heterocycles. The van der Waals surface area contributed by atoms with E-state index in [1.54, 1.807) is 38.1 Å². The van der Waals surface area contributed by atoms with Gasteiger partial charge in [0, 0.05) is 23.3 Å². The standard InChI is InChI=1S/C26H34N4O6/c1-5-7-9-15-35-25-13-11-21(17-23(25)29(31)32)19(3)27-28-20(4)22-12-14-26(24(18-22)30(33)34)36-16-10-8-6-2/h11-14,17-18H,5-10,15-16H2,1-4H3/b27-19-,28-20-. The number of hydrogen-bond donors (Lipinski definition) is 0. The van der Waals surface area contributed by atoms with Crippen molar-refractivity contribution in [3.8, 4) is 11.5 Å². The molecule has 0 spiro atoms. The van der Waals surface area contributed by atoms with Gasteiger partial charge in [-0.3, -0.25) is 20.2 Å². The van der Waals surface area contributed by atoms with E-state index in [0.717, 1.165) is 38.5 Å². The number of ether oxygens (including phenoxy) is 2. The van der Waals surface area contributed by atoms with Gasteiger partial charge >= 0.3 is 11.4 Å². The van der Waals surface area contributed by atoms with Crippen LogP contribution in [-0.2, 0) is 0 Å². The molecule has 36 heavy (non-hydrogen) atoms. The van der Waals surface area contributed by atoms with Gasteiger partial charge in [0.05, 0.1) is 34.5 Å². The van der Waals surface area contributed by atoms with Gasteiger partial charge < -0.3 is 9.47 Å². The summed E-state index contributed by atoms with van der Waals surface area (Å²) >= 11 is 0. The highest BCUT2D eigenvalue weighted by Crippen LogP contribution is 2.30. The van der Waals surface area contributed by atoms with Crippen LogP contribution in [0.2, 0.25) is 0 Å². The van der Waals surface area contributed by atoms with Crippen molar-refractivity contribution in [2.45, 2.75) is 66.2 Å². The second-order valence-electron chi connectivity index (χ2n) is 8.36. The fourth-order valence-electron chi connectivity index (χ4n) is 3.35. The lowest BCUT2D eigenvalue weighted by Crippen LogP contribution is -2.04. The lowest BCUT2D eigenvalue weighted by atomic mass is 10.1. The summed E-state index contributed by atoms with van der Waals surface area (Å²) in [6, 6.07) is 9.35. The van der Waals surface area contributed by atoms with Crippen molar-refractivity contribution in [1.82, 2.24) is 0 Å². The Kier molecular flexibility index (Phi) is 11.5. The SMILES string of the molecule is CCCCCOc1ccc(/C(C)=N\N=C(\C)c2ccc(OCCCCC)c([N+](=O)[O-])c2)cc1[N+](=O)[O-]. The van der Waals surface area contributed by atoms with E-state index >= 15 is 0 Å². The molecule has 0 aromatic heterocycles. The van der Waals surface area contributed by atoms with Crippen molar-refractivity contribution in [3.05, 3.63) is 67.8 Å². The highest BCUT2D eigenvalue weighted by Gasteiger charge is 2.18. The van der Waals surface area contributed by atoms with E-state index in [1.165, 1.54) is 12.1 Å². The maximum Gasteiger partial charge on any atom is 0.311 e. The zero-order valence-corrected chi connectivity index (χ0v) is 21.4. The summed E-state index contributed by atoms with van der Waals surface area (Å²) in [5.41, 5.74) is 1.71. The van der Waals surface area contributed by atoms with Crippen LogP contribution >= 0.6 is 0 Å². The Hall–Kier alpha value is -3.82. The summed E-state index contributed by atoms with van der Waals surface area (Å²) in [6.45, 7) is 8.35. The highest BCUT2D eigenvalue weighted by molar-refractivity contribution is 6.02. The highest BCUT2D eigenvalue weighted by atomic mass is 16.6.